The number of nitrogens with zero attached hydrogens (tertiary/aromatic N) is 2. The standard InChI is InChI=1S/C16H20N2O3/c1-3-10-4-5-11(8-10)15-17-16(21-18-15)12-6-7-14(20-2)13(19)9-12/h6-7,9-11,19H,3-5,8H2,1-2H3. The second kappa shape index (κ2) is 5.76. The zero-order valence-electron chi connectivity index (χ0n) is 12.4. The van der Waals surface area contributed by atoms with Crippen molar-refractivity contribution in [3.05, 3.63) is 24.0 Å². The summed E-state index contributed by atoms with van der Waals surface area (Å²) in [6.07, 6.45) is 4.73. The number of hydrogen-bond acceptors (Lipinski definition) is 5. The summed E-state index contributed by atoms with van der Waals surface area (Å²) in [4.78, 5) is 4.50. The van der Waals surface area contributed by atoms with Crippen molar-refractivity contribution in [3.8, 4) is 23.0 Å². The van der Waals surface area contributed by atoms with Crippen LogP contribution >= 0.6 is 0 Å². The summed E-state index contributed by atoms with van der Waals surface area (Å²) in [5, 5.41) is 13.9. The maximum atomic E-state index is 9.82. The van der Waals surface area contributed by atoms with Crippen molar-refractivity contribution in [1.82, 2.24) is 10.1 Å². The first kappa shape index (κ1) is 13.9. The molecule has 0 radical (unpaired) electrons. The molecule has 0 bridgehead atoms. The van der Waals surface area contributed by atoms with Crippen molar-refractivity contribution < 1.29 is 14.4 Å². The zero-order chi connectivity index (χ0) is 14.8. The minimum Gasteiger partial charge on any atom is -0.504 e. The van der Waals surface area contributed by atoms with Crippen LogP contribution in [0.15, 0.2) is 22.7 Å². The number of methoxy groups -OCH3 is 1. The molecule has 0 amide bonds. The first-order valence-electron chi connectivity index (χ1n) is 7.42. The predicted molar refractivity (Wildman–Crippen MR) is 78.3 cm³/mol. The van der Waals surface area contributed by atoms with Gasteiger partial charge in [-0.05, 0) is 43.4 Å². The number of rotatable bonds is 4. The van der Waals surface area contributed by atoms with E-state index in [0.29, 0.717) is 23.1 Å². The fraction of sp³-hybridized carbons (Fsp3) is 0.500. The third-order valence-electron chi connectivity index (χ3n) is 4.35. The highest BCUT2D eigenvalue weighted by Gasteiger charge is 2.28. The minimum atomic E-state index is 0.0710. The van der Waals surface area contributed by atoms with E-state index in [1.807, 2.05) is 0 Å². The van der Waals surface area contributed by atoms with Gasteiger partial charge in [-0.2, -0.15) is 4.98 Å². The summed E-state index contributed by atoms with van der Waals surface area (Å²) in [7, 11) is 1.52. The Balaban J connectivity index is 1.80. The van der Waals surface area contributed by atoms with Crippen LogP contribution in [-0.2, 0) is 0 Å². The van der Waals surface area contributed by atoms with Gasteiger partial charge in [0.15, 0.2) is 17.3 Å². The molecule has 1 aliphatic rings. The second-order valence-corrected chi connectivity index (χ2v) is 5.63. The molecule has 0 aliphatic heterocycles. The normalized spacial score (nSPS) is 21.6. The van der Waals surface area contributed by atoms with E-state index in [9.17, 15) is 5.11 Å². The van der Waals surface area contributed by atoms with Gasteiger partial charge in [0.2, 0.25) is 0 Å². The van der Waals surface area contributed by atoms with Crippen LogP contribution in [-0.4, -0.2) is 22.4 Å². The summed E-state index contributed by atoms with van der Waals surface area (Å²) in [5.41, 5.74) is 0.706. The molecule has 1 aromatic heterocycles. The van der Waals surface area contributed by atoms with Gasteiger partial charge in [0.25, 0.3) is 5.89 Å². The molecule has 1 heterocycles. The summed E-state index contributed by atoms with van der Waals surface area (Å²) >= 11 is 0. The molecule has 1 N–H and O–H groups in total. The Labute approximate surface area is 123 Å². The van der Waals surface area contributed by atoms with Crippen molar-refractivity contribution in [2.45, 2.75) is 38.5 Å². The second-order valence-electron chi connectivity index (χ2n) is 5.63. The van der Waals surface area contributed by atoms with Crippen LogP contribution in [0, 0.1) is 5.92 Å². The summed E-state index contributed by atoms with van der Waals surface area (Å²) in [5.74, 6) is 2.92. The van der Waals surface area contributed by atoms with E-state index in [2.05, 4.69) is 17.1 Å². The van der Waals surface area contributed by atoms with E-state index in [4.69, 9.17) is 9.26 Å². The van der Waals surface area contributed by atoms with Gasteiger partial charge in [0.1, 0.15) is 0 Å². The Hall–Kier alpha value is -2.04. The van der Waals surface area contributed by atoms with Crippen molar-refractivity contribution >= 4 is 0 Å². The summed E-state index contributed by atoms with van der Waals surface area (Å²) in [6.45, 7) is 2.23. The quantitative estimate of drug-likeness (QED) is 0.928. The molecule has 0 saturated heterocycles. The van der Waals surface area contributed by atoms with E-state index < -0.39 is 0 Å². The van der Waals surface area contributed by atoms with Crippen LogP contribution < -0.4 is 4.74 Å². The zero-order valence-corrected chi connectivity index (χ0v) is 12.4. The van der Waals surface area contributed by atoms with E-state index in [0.717, 1.165) is 24.6 Å². The van der Waals surface area contributed by atoms with Crippen molar-refractivity contribution in [2.75, 3.05) is 7.11 Å². The van der Waals surface area contributed by atoms with Crippen LogP contribution in [0.25, 0.3) is 11.5 Å². The number of aromatic nitrogens is 2. The van der Waals surface area contributed by atoms with E-state index in [1.54, 1.807) is 18.2 Å². The molecule has 3 rings (SSSR count). The Bertz CT molecular complexity index is 624. The molecule has 0 spiro atoms. The fourth-order valence-corrected chi connectivity index (χ4v) is 3.02. The molecular formula is C16H20N2O3. The maximum Gasteiger partial charge on any atom is 0.258 e. The average Bonchev–Trinajstić information content (AvgIpc) is 3.15. The highest BCUT2D eigenvalue weighted by Crippen LogP contribution is 2.39. The van der Waals surface area contributed by atoms with Gasteiger partial charge < -0.3 is 14.4 Å². The lowest BCUT2D eigenvalue weighted by molar-refractivity contribution is 0.373. The van der Waals surface area contributed by atoms with Crippen LogP contribution in [0.1, 0.15) is 44.3 Å². The van der Waals surface area contributed by atoms with Crippen LogP contribution in [0.2, 0.25) is 0 Å². The maximum absolute atomic E-state index is 9.82. The molecule has 2 unspecified atom stereocenters. The Morgan fingerprint density at radius 3 is 2.90 bits per heavy atom. The fourth-order valence-electron chi connectivity index (χ4n) is 3.02. The molecule has 1 saturated carbocycles. The van der Waals surface area contributed by atoms with E-state index in [1.165, 1.54) is 20.0 Å². The summed E-state index contributed by atoms with van der Waals surface area (Å²) in [6, 6.07) is 5.08. The Morgan fingerprint density at radius 1 is 1.38 bits per heavy atom. The molecule has 2 atom stereocenters. The molecule has 21 heavy (non-hydrogen) atoms. The van der Waals surface area contributed by atoms with Crippen molar-refractivity contribution in [3.63, 3.8) is 0 Å². The largest absolute Gasteiger partial charge is 0.504 e. The molecule has 2 aromatic rings. The molecule has 1 fully saturated rings. The molecule has 1 aliphatic carbocycles. The number of phenolic OH excluding ortho intramolecular Hbond substituents is 1. The van der Waals surface area contributed by atoms with Crippen LogP contribution in [0.4, 0.5) is 0 Å². The predicted octanol–water partition coefficient (Wildman–Crippen LogP) is 3.74. The smallest absolute Gasteiger partial charge is 0.258 e. The topological polar surface area (TPSA) is 68.4 Å². The number of ether oxygens (including phenoxy) is 1. The minimum absolute atomic E-state index is 0.0710. The first-order chi connectivity index (χ1) is 10.2. The lowest BCUT2D eigenvalue weighted by atomic mass is 10.0. The van der Waals surface area contributed by atoms with Gasteiger partial charge in [-0.25, -0.2) is 0 Å². The third kappa shape index (κ3) is 2.73. The Kier molecular flexibility index (Phi) is 3.82. The number of benzene rings is 1. The highest BCUT2D eigenvalue weighted by molar-refractivity contribution is 5.59. The number of hydrogen-bond donors (Lipinski definition) is 1. The van der Waals surface area contributed by atoms with E-state index in [-0.39, 0.29) is 5.75 Å². The van der Waals surface area contributed by atoms with E-state index >= 15 is 0 Å². The SMILES string of the molecule is CCC1CCC(c2noc(-c3ccc(OC)c(O)c3)n2)C1. The number of phenols is 1. The lowest BCUT2D eigenvalue weighted by Gasteiger charge is -2.04. The molecule has 5 heteroatoms. The van der Waals surface area contributed by atoms with Gasteiger partial charge in [-0.15, -0.1) is 0 Å². The number of aromatic hydroxyl groups is 1. The molecule has 5 nitrogen and oxygen atoms in total. The van der Waals surface area contributed by atoms with Gasteiger partial charge in [0.05, 0.1) is 7.11 Å². The van der Waals surface area contributed by atoms with Crippen molar-refractivity contribution in [2.24, 2.45) is 5.92 Å². The third-order valence-corrected chi connectivity index (χ3v) is 4.35. The molecule has 1 aromatic carbocycles. The summed E-state index contributed by atoms with van der Waals surface area (Å²) < 4.78 is 10.4. The lowest BCUT2D eigenvalue weighted by Crippen LogP contribution is -1.97. The van der Waals surface area contributed by atoms with Gasteiger partial charge >= 0.3 is 0 Å². The van der Waals surface area contributed by atoms with Crippen LogP contribution in [0.5, 0.6) is 11.5 Å². The highest BCUT2D eigenvalue weighted by atomic mass is 16.5. The van der Waals surface area contributed by atoms with Gasteiger partial charge in [-0.1, -0.05) is 18.5 Å². The van der Waals surface area contributed by atoms with Crippen LogP contribution in [0.3, 0.4) is 0 Å². The van der Waals surface area contributed by atoms with Gasteiger partial charge in [-0.3, -0.25) is 0 Å². The average molecular weight is 288 g/mol. The molecular weight excluding hydrogens is 268 g/mol. The first-order valence-corrected chi connectivity index (χ1v) is 7.42. The van der Waals surface area contributed by atoms with Crippen molar-refractivity contribution in [1.29, 1.82) is 0 Å². The van der Waals surface area contributed by atoms with Gasteiger partial charge in [0, 0.05) is 11.5 Å². The Morgan fingerprint density at radius 2 is 2.24 bits per heavy atom. The molecule has 112 valence electrons. The monoisotopic (exact) mass is 288 g/mol.